The fraction of sp³-hybridized carbons (Fsp3) is 0.167. The quantitative estimate of drug-likeness (QED) is 0.378. The van der Waals surface area contributed by atoms with Crippen LogP contribution in [0.15, 0.2) is 77.3 Å². The first-order valence-corrected chi connectivity index (χ1v) is 12.1. The van der Waals surface area contributed by atoms with Crippen molar-refractivity contribution >= 4 is 40.6 Å². The Morgan fingerprint density at radius 3 is 2.58 bits per heavy atom. The molecule has 0 aliphatic heterocycles. The first-order valence-electron chi connectivity index (χ1n) is 10.3. The number of hydrogen-bond acceptors (Lipinski definition) is 6. The normalized spacial score (nSPS) is 10.7. The number of carbonyl (C=O) groups is 2. The van der Waals surface area contributed by atoms with Gasteiger partial charge in [0.25, 0.3) is 5.91 Å². The maximum Gasteiger partial charge on any atom is 0.253 e. The third kappa shape index (κ3) is 5.68. The summed E-state index contributed by atoms with van der Waals surface area (Å²) >= 11 is 2.94. The summed E-state index contributed by atoms with van der Waals surface area (Å²) < 4.78 is 2.04. The number of aromatic nitrogens is 3. The maximum absolute atomic E-state index is 12.6. The van der Waals surface area contributed by atoms with Gasteiger partial charge in [0.2, 0.25) is 5.91 Å². The molecule has 0 radical (unpaired) electrons. The van der Waals surface area contributed by atoms with Gasteiger partial charge >= 0.3 is 0 Å². The molecule has 2 aromatic carbocycles. The summed E-state index contributed by atoms with van der Waals surface area (Å²) in [5.74, 6) is 0.659. The molecule has 1 N–H and O–H groups in total. The molecule has 0 bridgehead atoms. The Morgan fingerprint density at radius 2 is 1.85 bits per heavy atom. The van der Waals surface area contributed by atoms with E-state index in [-0.39, 0.29) is 17.6 Å². The minimum Gasteiger partial charge on any atom is -0.345 e. The molecule has 0 aliphatic carbocycles. The minimum absolute atomic E-state index is 0.115. The highest BCUT2D eigenvalue weighted by Crippen LogP contribution is 2.28. The molecule has 0 saturated heterocycles. The SMILES string of the molecule is CN(C)C(=O)c1cccc(NC(=O)CSc2nnc(-c3cccs3)n2Cc2ccccc2)c1. The summed E-state index contributed by atoms with van der Waals surface area (Å²) in [6.07, 6.45) is 0. The summed E-state index contributed by atoms with van der Waals surface area (Å²) in [5.41, 5.74) is 2.23. The van der Waals surface area contributed by atoms with Crippen LogP contribution in [-0.4, -0.2) is 51.3 Å². The Labute approximate surface area is 200 Å². The molecule has 4 aromatic rings. The number of benzene rings is 2. The second-order valence-corrected chi connectivity index (χ2v) is 9.36. The van der Waals surface area contributed by atoms with Gasteiger partial charge < -0.3 is 10.2 Å². The average molecular weight is 478 g/mol. The smallest absolute Gasteiger partial charge is 0.253 e. The fourth-order valence-electron chi connectivity index (χ4n) is 3.21. The number of thioether (sulfide) groups is 1. The van der Waals surface area contributed by atoms with Gasteiger partial charge in [-0.2, -0.15) is 0 Å². The summed E-state index contributed by atoms with van der Waals surface area (Å²) in [4.78, 5) is 27.3. The van der Waals surface area contributed by atoms with Crippen LogP contribution in [0, 0.1) is 0 Å². The van der Waals surface area contributed by atoms with Crippen LogP contribution in [0.4, 0.5) is 5.69 Å². The van der Waals surface area contributed by atoms with Crippen molar-refractivity contribution in [2.45, 2.75) is 11.7 Å². The van der Waals surface area contributed by atoms with Crippen LogP contribution >= 0.6 is 23.1 Å². The lowest BCUT2D eigenvalue weighted by Crippen LogP contribution is -2.22. The topological polar surface area (TPSA) is 80.1 Å². The van der Waals surface area contributed by atoms with Crippen molar-refractivity contribution in [3.05, 3.63) is 83.2 Å². The molecule has 0 fully saturated rings. The average Bonchev–Trinajstić information content (AvgIpc) is 3.48. The zero-order valence-electron chi connectivity index (χ0n) is 18.3. The molecular formula is C24H23N5O2S2. The first kappa shape index (κ1) is 22.8. The highest BCUT2D eigenvalue weighted by atomic mass is 32.2. The van der Waals surface area contributed by atoms with E-state index in [9.17, 15) is 9.59 Å². The fourth-order valence-corrected chi connectivity index (χ4v) is 4.66. The van der Waals surface area contributed by atoms with Crippen LogP contribution in [-0.2, 0) is 11.3 Å². The Morgan fingerprint density at radius 1 is 1.03 bits per heavy atom. The highest BCUT2D eigenvalue weighted by molar-refractivity contribution is 7.99. The Hall–Kier alpha value is -3.43. The molecule has 2 aromatic heterocycles. The van der Waals surface area contributed by atoms with Crippen LogP contribution in [0.1, 0.15) is 15.9 Å². The van der Waals surface area contributed by atoms with E-state index in [1.54, 1.807) is 49.7 Å². The van der Waals surface area contributed by atoms with Crippen LogP contribution < -0.4 is 5.32 Å². The number of rotatable bonds is 8. The van der Waals surface area contributed by atoms with E-state index < -0.39 is 0 Å². The van der Waals surface area contributed by atoms with Crippen molar-refractivity contribution in [3.63, 3.8) is 0 Å². The number of hydrogen-bond donors (Lipinski definition) is 1. The number of amides is 2. The molecule has 0 unspecified atom stereocenters. The van der Waals surface area contributed by atoms with E-state index in [1.807, 2.05) is 40.3 Å². The van der Waals surface area contributed by atoms with E-state index in [0.717, 1.165) is 16.3 Å². The molecule has 2 amide bonds. The number of carbonyl (C=O) groups excluding carboxylic acids is 2. The van der Waals surface area contributed by atoms with Gasteiger partial charge in [0.05, 0.1) is 17.2 Å². The predicted molar refractivity (Wildman–Crippen MR) is 133 cm³/mol. The van der Waals surface area contributed by atoms with Crippen LogP contribution in [0.25, 0.3) is 10.7 Å². The zero-order valence-corrected chi connectivity index (χ0v) is 19.9. The van der Waals surface area contributed by atoms with Crippen LogP contribution in [0.3, 0.4) is 0 Å². The first-order chi connectivity index (χ1) is 16.0. The van der Waals surface area contributed by atoms with Crippen molar-refractivity contribution in [3.8, 4) is 10.7 Å². The van der Waals surface area contributed by atoms with Crippen molar-refractivity contribution < 1.29 is 9.59 Å². The standard InChI is InChI=1S/C24H23N5O2S2/c1-28(2)23(31)18-10-6-11-19(14-18)25-21(30)16-33-24-27-26-22(20-12-7-13-32-20)29(24)15-17-8-4-3-5-9-17/h3-14H,15-16H2,1-2H3,(H,25,30). The summed E-state index contributed by atoms with van der Waals surface area (Å²) in [5, 5.41) is 14.3. The summed E-state index contributed by atoms with van der Waals surface area (Å²) in [6.45, 7) is 0.611. The molecule has 9 heteroatoms. The molecule has 168 valence electrons. The van der Waals surface area contributed by atoms with E-state index in [0.29, 0.717) is 23.0 Å². The largest absolute Gasteiger partial charge is 0.345 e. The monoisotopic (exact) mass is 477 g/mol. The van der Waals surface area contributed by atoms with Gasteiger partial charge in [-0.25, -0.2) is 0 Å². The van der Waals surface area contributed by atoms with Crippen molar-refractivity contribution in [1.29, 1.82) is 0 Å². The van der Waals surface area contributed by atoms with E-state index in [4.69, 9.17) is 0 Å². The Bertz CT molecular complexity index is 1240. The van der Waals surface area contributed by atoms with Gasteiger partial charge in [-0.05, 0) is 35.2 Å². The lowest BCUT2D eigenvalue weighted by Gasteiger charge is -2.12. The van der Waals surface area contributed by atoms with Gasteiger partial charge in [0, 0.05) is 25.3 Å². The summed E-state index contributed by atoms with van der Waals surface area (Å²) in [6, 6.07) is 21.0. The third-order valence-corrected chi connectivity index (χ3v) is 6.61. The number of thiophene rings is 1. The van der Waals surface area contributed by atoms with Crippen LogP contribution in [0.5, 0.6) is 0 Å². The number of nitrogens with zero attached hydrogens (tertiary/aromatic N) is 4. The van der Waals surface area contributed by atoms with Gasteiger partial charge in [-0.15, -0.1) is 21.5 Å². The second-order valence-electron chi connectivity index (χ2n) is 7.47. The number of nitrogens with one attached hydrogen (secondary N) is 1. The van der Waals surface area contributed by atoms with E-state index in [2.05, 4.69) is 27.6 Å². The Balaban J connectivity index is 1.47. The molecule has 4 rings (SSSR count). The predicted octanol–water partition coefficient (Wildman–Crippen LogP) is 4.49. The molecule has 2 heterocycles. The van der Waals surface area contributed by atoms with Crippen LogP contribution in [0.2, 0.25) is 0 Å². The molecule has 0 spiro atoms. The molecule has 0 atom stereocenters. The van der Waals surface area contributed by atoms with Gasteiger partial charge in [0.1, 0.15) is 0 Å². The lowest BCUT2D eigenvalue weighted by atomic mass is 10.2. The Kier molecular flexibility index (Phi) is 7.21. The maximum atomic E-state index is 12.6. The molecular weight excluding hydrogens is 454 g/mol. The zero-order chi connectivity index (χ0) is 23.2. The minimum atomic E-state index is -0.179. The van der Waals surface area contributed by atoms with Crippen molar-refractivity contribution in [2.75, 3.05) is 25.2 Å². The van der Waals surface area contributed by atoms with E-state index >= 15 is 0 Å². The third-order valence-electron chi connectivity index (χ3n) is 4.77. The van der Waals surface area contributed by atoms with Crippen molar-refractivity contribution in [1.82, 2.24) is 19.7 Å². The van der Waals surface area contributed by atoms with Gasteiger partial charge in [-0.1, -0.05) is 54.2 Å². The lowest BCUT2D eigenvalue weighted by molar-refractivity contribution is -0.113. The molecule has 33 heavy (non-hydrogen) atoms. The molecule has 0 saturated carbocycles. The van der Waals surface area contributed by atoms with Gasteiger partial charge in [0.15, 0.2) is 11.0 Å². The molecule has 7 nitrogen and oxygen atoms in total. The molecule has 0 aliphatic rings. The number of anilines is 1. The van der Waals surface area contributed by atoms with Gasteiger partial charge in [-0.3, -0.25) is 14.2 Å². The highest BCUT2D eigenvalue weighted by Gasteiger charge is 2.17. The second kappa shape index (κ2) is 10.5. The van der Waals surface area contributed by atoms with E-state index in [1.165, 1.54) is 16.7 Å². The van der Waals surface area contributed by atoms with Crippen molar-refractivity contribution in [2.24, 2.45) is 0 Å². The summed E-state index contributed by atoms with van der Waals surface area (Å²) in [7, 11) is 3.39.